The fourth-order valence-corrected chi connectivity index (χ4v) is 6.22. The Labute approximate surface area is 239 Å². The summed E-state index contributed by atoms with van der Waals surface area (Å²) in [5.41, 5.74) is 5.40. The molecule has 0 radical (unpaired) electrons. The van der Waals surface area contributed by atoms with E-state index in [0.29, 0.717) is 0 Å². The Kier molecular flexibility index (Phi) is 7.09. The second kappa shape index (κ2) is 11.1. The van der Waals surface area contributed by atoms with Crippen molar-refractivity contribution in [3.05, 3.63) is 167 Å². The number of nitrogens with one attached hydrogen (secondary N) is 1. The number of ether oxygens (including phenoxy) is 1. The van der Waals surface area contributed by atoms with Crippen LogP contribution in [0.2, 0.25) is 0 Å². The van der Waals surface area contributed by atoms with Gasteiger partial charge in [-0.25, -0.2) is 9.59 Å². The van der Waals surface area contributed by atoms with Crippen molar-refractivity contribution in [3.63, 3.8) is 0 Å². The van der Waals surface area contributed by atoms with E-state index in [0.717, 1.165) is 38.9 Å². The lowest BCUT2D eigenvalue weighted by Crippen LogP contribution is -2.56. The van der Waals surface area contributed by atoms with Gasteiger partial charge in [0.25, 0.3) is 0 Å². The molecule has 0 bridgehead atoms. The first-order valence-corrected chi connectivity index (χ1v) is 13.6. The first-order valence-electron chi connectivity index (χ1n) is 13.6. The average Bonchev–Trinajstić information content (AvgIpc) is 3.35. The molecule has 202 valence electrons. The molecule has 0 spiro atoms. The van der Waals surface area contributed by atoms with Gasteiger partial charge in [-0.1, -0.05) is 140 Å². The average molecular weight is 540 g/mol. The summed E-state index contributed by atoms with van der Waals surface area (Å²) in [6.45, 7) is 0.0845. The second-order valence-electron chi connectivity index (χ2n) is 10.1. The first-order chi connectivity index (χ1) is 20.1. The smallest absolute Gasteiger partial charge is 0.407 e. The van der Waals surface area contributed by atoms with E-state index in [9.17, 15) is 14.7 Å². The third-order valence-corrected chi connectivity index (χ3v) is 7.97. The number of rotatable bonds is 8. The molecule has 5 aromatic carbocycles. The number of carbonyl (C=O) groups is 2. The van der Waals surface area contributed by atoms with Crippen LogP contribution < -0.4 is 5.32 Å². The lowest BCUT2D eigenvalue weighted by Gasteiger charge is -2.40. The lowest BCUT2D eigenvalue weighted by atomic mass is 9.64. The van der Waals surface area contributed by atoms with Crippen LogP contribution in [0.15, 0.2) is 140 Å². The van der Waals surface area contributed by atoms with Crippen LogP contribution in [-0.4, -0.2) is 29.8 Å². The van der Waals surface area contributed by atoms with Gasteiger partial charge in [0.05, 0.1) is 5.41 Å². The van der Waals surface area contributed by atoms with E-state index in [1.807, 2.05) is 127 Å². The highest BCUT2D eigenvalue weighted by molar-refractivity contribution is 5.85. The van der Waals surface area contributed by atoms with E-state index in [-0.39, 0.29) is 12.5 Å². The second-order valence-corrected chi connectivity index (χ2v) is 10.1. The van der Waals surface area contributed by atoms with Crippen molar-refractivity contribution < 1.29 is 19.4 Å². The molecule has 0 saturated heterocycles. The number of carbonyl (C=O) groups excluding carboxylic acids is 1. The Morgan fingerprint density at radius 2 is 1.02 bits per heavy atom. The maximum atomic E-state index is 13.5. The van der Waals surface area contributed by atoms with Crippen molar-refractivity contribution in [3.8, 4) is 11.1 Å². The zero-order valence-corrected chi connectivity index (χ0v) is 22.3. The summed E-state index contributed by atoms with van der Waals surface area (Å²) in [5.74, 6) is -1.31. The SMILES string of the molecule is O=C(NC(C(=O)O)C(c1ccccc1)(c1ccccc1)c1ccccc1)OCC1c2ccccc2-c2ccccc21. The summed E-state index contributed by atoms with van der Waals surface area (Å²) in [5, 5.41) is 13.5. The molecule has 2 N–H and O–H groups in total. The fourth-order valence-electron chi connectivity index (χ4n) is 6.22. The molecule has 0 fully saturated rings. The largest absolute Gasteiger partial charge is 0.480 e. The van der Waals surface area contributed by atoms with E-state index in [1.165, 1.54) is 0 Å². The lowest BCUT2D eigenvalue weighted by molar-refractivity contribution is -0.140. The van der Waals surface area contributed by atoms with Crippen LogP contribution in [0, 0.1) is 0 Å². The molecule has 0 aliphatic heterocycles. The molecule has 1 atom stereocenters. The summed E-state index contributed by atoms with van der Waals surface area (Å²) in [4.78, 5) is 26.6. The van der Waals surface area contributed by atoms with Gasteiger partial charge in [-0.05, 0) is 38.9 Å². The van der Waals surface area contributed by atoms with Gasteiger partial charge < -0.3 is 15.2 Å². The van der Waals surface area contributed by atoms with E-state index in [4.69, 9.17) is 4.74 Å². The number of alkyl carbamates (subject to hydrolysis) is 1. The van der Waals surface area contributed by atoms with E-state index in [2.05, 4.69) is 17.4 Å². The zero-order valence-electron chi connectivity index (χ0n) is 22.3. The molecular formula is C36H29NO4. The van der Waals surface area contributed by atoms with Gasteiger partial charge in [-0.2, -0.15) is 0 Å². The summed E-state index contributed by atoms with van der Waals surface area (Å²) in [7, 11) is 0. The molecular weight excluding hydrogens is 510 g/mol. The molecule has 1 aliphatic carbocycles. The Hall–Kier alpha value is -5.16. The minimum absolute atomic E-state index is 0.0845. The van der Waals surface area contributed by atoms with Crippen LogP contribution in [0.5, 0.6) is 0 Å². The quantitative estimate of drug-likeness (QED) is 0.208. The Morgan fingerprint density at radius 3 is 1.44 bits per heavy atom. The van der Waals surface area contributed by atoms with Gasteiger partial charge in [0, 0.05) is 5.92 Å². The van der Waals surface area contributed by atoms with Gasteiger partial charge >= 0.3 is 12.1 Å². The molecule has 0 aromatic heterocycles. The molecule has 0 heterocycles. The molecule has 41 heavy (non-hydrogen) atoms. The third-order valence-electron chi connectivity index (χ3n) is 7.97. The summed E-state index contributed by atoms with van der Waals surface area (Å²) in [6, 6.07) is 43.1. The highest BCUT2D eigenvalue weighted by Gasteiger charge is 2.49. The number of benzene rings is 5. The minimum atomic E-state index is -1.37. The minimum Gasteiger partial charge on any atom is -0.480 e. The van der Waals surface area contributed by atoms with Gasteiger partial charge in [0.15, 0.2) is 0 Å². The summed E-state index contributed by atoms with van der Waals surface area (Å²) >= 11 is 0. The van der Waals surface area contributed by atoms with Crippen LogP contribution in [0.4, 0.5) is 4.79 Å². The Morgan fingerprint density at radius 1 is 0.634 bits per heavy atom. The van der Waals surface area contributed by atoms with Gasteiger partial charge in [0.1, 0.15) is 12.6 Å². The van der Waals surface area contributed by atoms with Crippen molar-refractivity contribution in [1.82, 2.24) is 5.32 Å². The Balaban J connectivity index is 1.37. The molecule has 1 aliphatic rings. The normalized spacial score (nSPS) is 13.1. The molecule has 0 saturated carbocycles. The highest BCUT2D eigenvalue weighted by atomic mass is 16.5. The molecule has 5 nitrogen and oxygen atoms in total. The topological polar surface area (TPSA) is 75.6 Å². The number of amides is 1. The highest BCUT2D eigenvalue weighted by Crippen LogP contribution is 2.45. The van der Waals surface area contributed by atoms with Gasteiger partial charge in [0.2, 0.25) is 0 Å². The van der Waals surface area contributed by atoms with Crippen LogP contribution in [0.25, 0.3) is 11.1 Å². The number of fused-ring (bicyclic) bond motifs is 3. The van der Waals surface area contributed by atoms with E-state index in [1.54, 1.807) is 0 Å². The number of carboxylic acid groups (broad SMARTS) is 1. The van der Waals surface area contributed by atoms with E-state index < -0.39 is 23.5 Å². The predicted octanol–water partition coefficient (Wildman–Crippen LogP) is 7.01. The number of aliphatic carboxylic acids is 1. The monoisotopic (exact) mass is 539 g/mol. The van der Waals surface area contributed by atoms with Crippen LogP contribution in [0.3, 0.4) is 0 Å². The number of hydrogen-bond acceptors (Lipinski definition) is 3. The summed E-state index contributed by atoms with van der Waals surface area (Å²) < 4.78 is 5.81. The third kappa shape index (κ3) is 4.66. The van der Waals surface area contributed by atoms with Crippen molar-refractivity contribution >= 4 is 12.1 Å². The zero-order chi connectivity index (χ0) is 28.2. The number of hydrogen-bond donors (Lipinski definition) is 2. The Bertz CT molecular complexity index is 1530. The van der Waals surface area contributed by atoms with Crippen LogP contribution in [-0.2, 0) is 14.9 Å². The molecule has 5 heteroatoms. The molecule has 1 unspecified atom stereocenters. The molecule has 6 rings (SSSR count). The molecule has 5 aromatic rings. The standard InChI is InChI=1S/C36H29NO4/c38-34(39)33(37-35(40)41-24-32-30-22-12-10-20-28(30)29-21-11-13-23-31(29)32)36(25-14-4-1-5-15-25,26-16-6-2-7-17-26)27-18-8-3-9-19-27/h1-23,32-33H,24H2,(H,37,40)(H,38,39). The number of carboxylic acids is 1. The maximum absolute atomic E-state index is 13.5. The van der Waals surface area contributed by atoms with Crippen LogP contribution in [0.1, 0.15) is 33.7 Å². The van der Waals surface area contributed by atoms with Crippen LogP contribution >= 0.6 is 0 Å². The van der Waals surface area contributed by atoms with Crippen molar-refractivity contribution in [2.45, 2.75) is 17.4 Å². The molecule has 1 amide bonds. The van der Waals surface area contributed by atoms with Crippen molar-refractivity contribution in [2.24, 2.45) is 0 Å². The predicted molar refractivity (Wildman–Crippen MR) is 159 cm³/mol. The van der Waals surface area contributed by atoms with E-state index >= 15 is 0 Å². The fraction of sp³-hybridized carbons (Fsp3) is 0.111. The van der Waals surface area contributed by atoms with Crippen molar-refractivity contribution in [1.29, 1.82) is 0 Å². The van der Waals surface area contributed by atoms with Gasteiger partial charge in [-0.3, -0.25) is 0 Å². The summed E-state index contributed by atoms with van der Waals surface area (Å²) in [6.07, 6.45) is -0.786. The first kappa shape index (κ1) is 26.1. The van der Waals surface area contributed by atoms with Gasteiger partial charge in [-0.15, -0.1) is 0 Å². The maximum Gasteiger partial charge on any atom is 0.407 e. The van der Waals surface area contributed by atoms with Crippen molar-refractivity contribution in [2.75, 3.05) is 6.61 Å².